The largest absolute Gasteiger partial charge is 0.494 e. The smallest absolute Gasteiger partial charge is 0.239 e. The summed E-state index contributed by atoms with van der Waals surface area (Å²) >= 11 is 0. The second-order valence-corrected chi connectivity index (χ2v) is 5.11. The van der Waals surface area contributed by atoms with Crippen molar-refractivity contribution in [3.05, 3.63) is 29.8 Å². The molecule has 1 aliphatic carbocycles. The van der Waals surface area contributed by atoms with Gasteiger partial charge in [0.25, 0.3) is 0 Å². The number of primary amides is 1. The number of ether oxygens (including phenoxy) is 1. The fraction of sp³-hybridized carbons (Fsp3) is 0.533. The van der Waals surface area contributed by atoms with Crippen molar-refractivity contribution in [2.75, 3.05) is 13.2 Å². The van der Waals surface area contributed by atoms with Gasteiger partial charge in [0, 0.05) is 0 Å². The summed E-state index contributed by atoms with van der Waals surface area (Å²) in [6.07, 6.45) is 3.46. The predicted molar refractivity (Wildman–Crippen MR) is 74.9 cm³/mol. The van der Waals surface area contributed by atoms with Crippen LogP contribution in [0.2, 0.25) is 0 Å². The lowest BCUT2D eigenvalue weighted by Gasteiger charge is -2.16. The van der Waals surface area contributed by atoms with Gasteiger partial charge in [-0.15, -0.1) is 0 Å². The van der Waals surface area contributed by atoms with E-state index in [-0.39, 0.29) is 5.91 Å². The van der Waals surface area contributed by atoms with Gasteiger partial charge in [-0.2, -0.15) is 0 Å². The van der Waals surface area contributed by atoms with E-state index in [1.54, 1.807) is 0 Å². The van der Waals surface area contributed by atoms with Crippen molar-refractivity contribution in [1.82, 2.24) is 5.32 Å². The normalized spacial score (nSPS) is 16.1. The van der Waals surface area contributed by atoms with E-state index >= 15 is 0 Å². The van der Waals surface area contributed by atoms with Crippen molar-refractivity contribution in [3.63, 3.8) is 0 Å². The first-order valence-electron chi connectivity index (χ1n) is 6.96. The minimum absolute atomic E-state index is 0.340. The molecule has 3 N–H and O–H groups in total. The summed E-state index contributed by atoms with van der Waals surface area (Å²) in [6.45, 7) is 3.60. The van der Waals surface area contributed by atoms with Crippen LogP contribution in [-0.2, 0) is 4.79 Å². The van der Waals surface area contributed by atoms with Gasteiger partial charge in [0.1, 0.15) is 11.8 Å². The first-order chi connectivity index (χ1) is 9.20. The number of hydrogen-bond donors (Lipinski definition) is 2. The summed E-state index contributed by atoms with van der Waals surface area (Å²) in [4.78, 5) is 11.6. The Morgan fingerprint density at radius 1 is 1.53 bits per heavy atom. The van der Waals surface area contributed by atoms with E-state index in [1.807, 2.05) is 24.3 Å². The zero-order valence-corrected chi connectivity index (χ0v) is 11.4. The summed E-state index contributed by atoms with van der Waals surface area (Å²) in [5.41, 5.74) is 6.36. The van der Waals surface area contributed by atoms with E-state index in [0.717, 1.165) is 24.3 Å². The van der Waals surface area contributed by atoms with Gasteiger partial charge in [0.05, 0.1) is 6.61 Å². The Bertz CT molecular complexity index is 430. The molecular formula is C15H22N2O2. The Morgan fingerprint density at radius 2 is 2.32 bits per heavy atom. The van der Waals surface area contributed by atoms with Crippen LogP contribution < -0.4 is 15.8 Å². The van der Waals surface area contributed by atoms with Crippen molar-refractivity contribution >= 4 is 5.91 Å². The maximum Gasteiger partial charge on any atom is 0.239 e. The molecule has 0 bridgehead atoms. The van der Waals surface area contributed by atoms with E-state index in [2.05, 4.69) is 12.2 Å². The van der Waals surface area contributed by atoms with Crippen LogP contribution in [0.25, 0.3) is 0 Å². The number of benzene rings is 1. The number of nitrogens with one attached hydrogen (secondary N) is 1. The van der Waals surface area contributed by atoms with E-state index < -0.39 is 6.04 Å². The van der Waals surface area contributed by atoms with Crippen LogP contribution in [0.4, 0.5) is 0 Å². The molecular weight excluding hydrogens is 240 g/mol. The molecule has 1 amide bonds. The lowest BCUT2D eigenvalue weighted by Crippen LogP contribution is -2.34. The third-order valence-electron chi connectivity index (χ3n) is 3.26. The van der Waals surface area contributed by atoms with Crippen LogP contribution in [0.5, 0.6) is 5.75 Å². The van der Waals surface area contributed by atoms with Gasteiger partial charge in [-0.3, -0.25) is 4.79 Å². The average Bonchev–Trinajstić information content (AvgIpc) is 3.21. The molecule has 1 unspecified atom stereocenters. The number of hydrogen-bond acceptors (Lipinski definition) is 3. The molecule has 0 radical (unpaired) electrons. The molecule has 4 nitrogen and oxygen atoms in total. The molecule has 1 aliphatic rings. The average molecular weight is 262 g/mol. The topological polar surface area (TPSA) is 64.3 Å². The molecule has 104 valence electrons. The third-order valence-corrected chi connectivity index (χ3v) is 3.26. The fourth-order valence-electron chi connectivity index (χ4n) is 1.99. The monoisotopic (exact) mass is 262 g/mol. The fourth-order valence-corrected chi connectivity index (χ4v) is 1.99. The maximum absolute atomic E-state index is 11.6. The summed E-state index contributed by atoms with van der Waals surface area (Å²) in [5.74, 6) is 1.16. The molecule has 1 aromatic carbocycles. The minimum atomic E-state index is -0.425. The molecule has 1 aromatic rings. The minimum Gasteiger partial charge on any atom is -0.494 e. The summed E-state index contributed by atoms with van der Waals surface area (Å²) < 4.78 is 5.58. The summed E-state index contributed by atoms with van der Waals surface area (Å²) in [7, 11) is 0. The number of nitrogens with two attached hydrogens (primary N) is 1. The van der Waals surface area contributed by atoms with Crippen LogP contribution in [-0.4, -0.2) is 19.1 Å². The van der Waals surface area contributed by atoms with Gasteiger partial charge in [0.15, 0.2) is 0 Å². The van der Waals surface area contributed by atoms with E-state index in [9.17, 15) is 4.79 Å². The second kappa shape index (κ2) is 6.57. The van der Waals surface area contributed by atoms with Gasteiger partial charge in [-0.1, -0.05) is 19.1 Å². The van der Waals surface area contributed by atoms with Gasteiger partial charge < -0.3 is 15.8 Å². The van der Waals surface area contributed by atoms with Crippen molar-refractivity contribution in [2.45, 2.75) is 32.2 Å². The number of carbonyl (C=O) groups excluding carboxylic acids is 1. The molecule has 0 saturated heterocycles. The lowest BCUT2D eigenvalue weighted by atomic mass is 10.1. The van der Waals surface area contributed by atoms with Gasteiger partial charge in [-0.05, 0) is 49.4 Å². The standard InChI is InChI=1S/C15H22N2O2/c1-2-8-19-13-5-3-4-12(9-13)14(15(16)18)17-10-11-6-7-11/h3-5,9,11,14,17H,2,6-8,10H2,1H3,(H2,16,18). The molecule has 0 spiro atoms. The highest BCUT2D eigenvalue weighted by molar-refractivity contribution is 5.81. The lowest BCUT2D eigenvalue weighted by molar-refractivity contribution is -0.120. The van der Waals surface area contributed by atoms with Crippen LogP contribution >= 0.6 is 0 Å². The first-order valence-corrected chi connectivity index (χ1v) is 6.96. The molecule has 0 aromatic heterocycles. The molecule has 0 heterocycles. The molecule has 4 heteroatoms. The Balaban J connectivity index is 2.03. The quantitative estimate of drug-likeness (QED) is 0.753. The van der Waals surface area contributed by atoms with Crippen LogP contribution in [0, 0.1) is 5.92 Å². The van der Waals surface area contributed by atoms with Crippen LogP contribution in [0.1, 0.15) is 37.8 Å². The van der Waals surface area contributed by atoms with E-state index in [1.165, 1.54) is 12.8 Å². The molecule has 1 saturated carbocycles. The van der Waals surface area contributed by atoms with Crippen LogP contribution in [0.15, 0.2) is 24.3 Å². The van der Waals surface area contributed by atoms with Crippen LogP contribution in [0.3, 0.4) is 0 Å². The first kappa shape index (κ1) is 13.9. The Morgan fingerprint density at radius 3 is 2.95 bits per heavy atom. The zero-order valence-electron chi connectivity index (χ0n) is 11.4. The maximum atomic E-state index is 11.6. The number of carbonyl (C=O) groups is 1. The van der Waals surface area contributed by atoms with Gasteiger partial charge in [-0.25, -0.2) is 0 Å². The third kappa shape index (κ3) is 4.24. The Labute approximate surface area is 114 Å². The molecule has 1 fully saturated rings. The number of amides is 1. The van der Waals surface area contributed by atoms with E-state index in [0.29, 0.717) is 12.5 Å². The highest BCUT2D eigenvalue weighted by Crippen LogP contribution is 2.29. The SMILES string of the molecule is CCCOc1cccc(C(NCC2CC2)C(N)=O)c1. The molecule has 19 heavy (non-hydrogen) atoms. The second-order valence-electron chi connectivity index (χ2n) is 5.11. The molecule has 1 atom stereocenters. The highest BCUT2D eigenvalue weighted by atomic mass is 16.5. The number of rotatable bonds is 8. The van der Waals surface area contributed by atoms with Crippen molar-refractivity contribution in [1.29, 1.82) is 0 Å². The van der Waals surface area contributed by atoms with Crippen molar-refractivity contribution in [2.24, 2.45) is 11.7 Å². The molecule has 2 rings (SSSR count). The summed E-state index contributed by atoms with van der Waals surface area (Å²) in [6, 6.07) is 7.18. The van der Waals surface area contributed by atoms with Gasteiger partial charge >= 0.3 is 0 Å². The van der Waals surface area contributed by atoms with E-state index in [4.69, 9.17) is 10.5 Å². The Kier molecular flexibility index (Phi) is 4.80. The summed E-state index contributed by atoms with van der Waals surface area (Å²) in [5, 5.41) is 3.25. The predicted octanol–water partition coefficient (Wildman–Crippen LogP) is 2.00. The molecule has 0 aliphatic heterocycles. The van der Waals surface area contributed by atoms with Crippen molar-refractivity contribution in [3.8, 4) is 5.75 Å². The Hall–Kier alpha value is -1.55. The van der Waals surface area contributed by atoms with Crippen molar-refractivity contribution < 1.29 is 9.53 Å². The highest BCUT2D eigenvalue weighted by Gasteiger charge is 2.25. The zero-order chi connectivity index (χ0) is 13.7. The van der Waals surface area contributed by atoms with Gasteiger partial charge in [0.2, 0.25) is 5.91 Å².